The number of ether oxygens (including phenoxy) is 1. The van der Waals surface area contributed by atoms with Crippen molar-refractivity contribution < 1.29 is 13.9 Å². The van der Waals surface area contributed by atoms with Crippen molar-refractivity contribution in [2.24, 2.45) is 5.92 Å². The third kappa shape index (κ3) is 3.77. The van der Waals surface area contributed by atoms with Crippen molar-refractivity contribution in [1.29, 1.82) is 0 Å². The van der Waals surface area contributed by atoms with Crippen molar-refractivity contribution in [2.75, 3.05) is 20.2 Å². The molecule has 104 valence electrons. The molecule has 3 nitrogen and oxygen atoms in total. The summed E-state index contributed by atoms with van der Waals surface area (Å²) < 4.78 is 18.7. The predicted octanol–water partition coefficient (Wildman–Crippen LogP) is 2.80. The number of rotatable bonds is 5. The van der Waals surface area contributed by atoms with Crippen LogP contribution < -0.4 is 10.1 Å². The number of methoxy groups -OCH3 is 1. The molecular weight excluding hydrogens is 245 g/mol. The van der Waals surface area contributed by atoms with E-state index in [1.807, 2.05) is 0 Å². The summed E-state index contributed by atoms with van der Waals surface area (Å²) in [6.45, 7) is 2.05. The van der Waals surface area contributed by atoms with Gasteiger partial charge in [-0.3, -0.25) is 4.79 Å². The summed E-state index contributed by atoms with van der Waals surface area (Å²) in [5.41, 5.74) is 0.176. The molecule has 1 aliphatic rings. The Hall–Kier alpha value is -1.42. The summed E-state index contributed by atoms with van der Waals surface area (Å²) in [5, 5.41) is 3.30. The fourth-order valence-corrected chi connectivity index (χ4v) is 2.49. The van der Waals surface area contributed by atoms with E-state index in [9.17, 15) is 9.18 Å². The zero-order valence-corrected chi connectivity index (χ0v) is 11.2. The molecule has 1 aliphatic heterocycles. The highest BCUT2D eigenvalue weighted by molar-refractivity contribution is 5.96. The highest BCUT2D eigenvalue weighted by Gasteiger charge is 2.17. The smallest absolute Gasteiger partial charge is 0.165 e. The third-order valence-corrected chi connectivity index (χ3v) is 3.72. The largest absolute Gasteiger partial charge is 0.497 e. The number of carbonyl (C=O) groups is 1. The fourth-order valence-electron chi connectivity index (χ4n) is 2.49. The summed E-state index contributed by atoms with van der Waals surface area (Å²) in [7, 11) is 1.48. The van der Waals surface area contributed by atoms with Crippen LogP contribution in [0.15, 0.2) is 18.2 Å². The molecule has 1 aromatic carbocycles. The van der Waals surface area contributed by atoms with Crippen LogP contribution in [0.2, 0.25) is 0 Å². The maximum Gasteiger partial charge on any atom is 0.165 e. The van der Waals surface area contributed by atoms with E-state index in [0.717, 1.165) is 32.4 Å². The highest BCUT2D eigenvalue weighted by atomic mass is 19.1. The molecule has 4 heteroatoms. The second-order valence-corrected chi connectivity index (χ2v) is 5.00. The Bertz CT molecular complexity index is 442. The number of hydrogen-bond acceptors (Lipinski definition) is 3. The van der Waals surface area contributed by atoms with Crippen molar-refractivity contribution in [1.82, 2.24) is 5.32 Å². The molecule has 0 spiro atoms. The molecule has 0 radical (unpaired) electrons. The lowest BCUT2D eigenvalue weighted by atomic mass is 9.91. The van der Waals surface area contributed by atoms with Crippen LogP contribution in [-0.2, 0) is 0 Å². The Morgan fingerprint density at radius 3 is 2.79 bits per heavy atom. The average Bonchev–Trinajstić information content (AvgIpc) is 2.45. The van der Waals surface area contributed by atoms with Crippen LogP contribution in [0, 0.1) is 11.7 Å². The highest BCUT2D eigenvalue weighted by Crippen LogP contribution is 2.22. The van der Waals surface area contributed by atoms with Gasteiger partial charge < -0.3 is 10.1 Å². The summed E-state index contributed by atoms with van der Waals surface area (Å²) in [6.07, 6.45) is 3.50. The maximum absolute atomic E-state index is 13.7. The molecule has 0 aromatic heterocycles. The normalized spacial score (nSPS) is 16.3. The Morgan fingerprint density at radius 2 is 2.16 bits per heavy atom. The van der Waals surface area contributed by atoms with E-state index in [2.05, 4.69) is 5.32 Å². The predicted molar refractivity (Wildman–Crippen MR) is 72.1 cm³/mol. The second kappa shape index (κ2) is 6.66. The summed E-state index contributed by atoms with van der Waals surface area (Å²) in [5.74, 6) is 0.423. The van der Waals surface area contributed by atoms with Crippen LogP contribution in [0.3, 0.4) is 0 Å². The number of halogens is 1. The SMILES string of the molecule is COc1ccc(C(=O)CCC2CCNCC2)c(F)c1. The average molecular weight is 265 g/mol. The Labute approximate surface area is 113 Å². The molecule has 0 unspecified atom stereocenters. The molecule has 19 heavy (non-hydrogen) atoms. The van der Waals surface area contributed by atoms with Gasteiger partial charge in [0.1, 0.15) is 11.6 Å². The molecule has 1 saturated heterocycles. The lowest BCUT2D eigenvalue weighted by molar-refractivity contribution is 0.0967. The minimum Gasteiger partial charge on any atom is -0.497 e. The maximum atomic E-state index is 13.7. The van der Waals surface area contributed by atoms with E-state index >= 15 is 0 Å². The van der Waals surface area contributed by atoms with Gasteiger partial charge in [0, 0.05) is 12.5 Å². The van der Waals surface area contributed by atoms with Gasteiger partial charge in [0.2, 0.25) is 0 Å². The van der Waals surface area contributed by atoms with Gasteiger partial charge in [-0.2, -0.15) is 0 Å². The number of piperidine rings is 1. The fraction of sp³-hybridized carbons (Fsp3) is 0.533. The number of benzene rings is 1. The van der Waals surface area contributed by atoms with E-state index < -0.39 is 5.82 Å². The first-order valence-corrected chi connectivity index (χ1v) is 6.78. The lowest BCUT2D eigenvalue weighted by Gasteiger charge is -2.22. The Kier molecular flexibility index (Phi) is 4.91. The number of ketones is 1. The second-order valence-electron chi connectivity index (χ2n) is 5.00. The number of nitrogens with one attached hydrogen (secondary N) is 1. The van der Waals surface area contributed by atoms with Crippen LogP contribution in [0.4, 0.5) is 4.39 Å². The first kappa shape index (κ1) is 14.0. The molecule has 2 rings (SSSR count). The number of hydrogen-bond donors (Lipinski definition) is 1. The third-order valence-electron chi connectivity index (χ3n) is 3.72. The monoisotopic (exact) mass is 265 g/mol. The molecule has 1 N–H and O–H groups in total. The topological polar surface area (TPSA) is 38.3 Å². The van der Waals surface area contributed by atoms with Crippen molar-refractivity contribution in [2.45, 2.75) is 25.7 Å². The Morgan fingerprint density at radius 1 is 1.42 bits per heavy atom. The lowest BCUT2D eigenvalue weighted by Crippen LogP contribution is -2.28. The van der Waals surface area contributed by atoms with Gasteiger partial charge in [0.25, 0.3) is 0 Å². The zero-order chi connectivity index (χ0) is 13.7. The van der Waals surface area contributed by atoms with E-state index in [-0.39, 0.29) is 11.3 Å². The van der Waals surface area contributed by atoms with Crippen molar-refractivity contribution in [3.8, 4) is 5.75 Å². The number of carbonyl (C=O) groups excluding carboxylic acids is 1. The molecule has 1 aromatic rings. The van der Waals surface area contributed by atoms with E-state index in [1.54, 1.807) is 6.07 Å². The van der Waals surface area contributed by atoms with Gasteiger partial charge in [0.15, 0.2) is 5.78 Å². The Balaban J connectivity index is 1.92. The molecule has 0 amide bonds. The van der Waals surface area contributed by atoms with Crippen molar-refractivity contribution in [3.63, 3.8) is 0 Å². The van der Waals surface area contributed by atoms with E-state index in [4.69, 9.17) is 4.74 Å². The van der Waals surface area contributed by atoms with Crippen molar-refractivity contribution >= 4 is 5.78 Å². The zero-order valence-electron chi connectivity index (χ0n) is 11.2. The van der Waals surface area contributed by atoms with Crippen LogP contribution >= 0.6 is 0 Å². The van der Waals surface area contributed by atoms with E-state index in [0.29, 0.717) is 18.1 Å². The van der Waals surface area contributed by atoms with Crippen LogP contribution in [0.25, 0.3) is 0 Å². The van der Waals surface area contributed by atoms with Gasteiger partial charge in [-0.15, -0.1) is 0 Å². The minimum atomic E-state index is -0.491. The van der Waals surface area contributed by atoms with Gasteiger partial charge in [0.05, 0.1) is 12.7 Å². The quantitative estimate of drug-likeness (QED) is 0.832. The summed E-state index contributed by atoms with van der Waals surface area (Å²) in [4.78, 5) is 12.0. The van der Waals surface area contributed by atoms with E-state index in [1.165, 1.54) is 19.2 Å². The van der Waals surface area contributed by atoms with Crippen LogP contribution in [-0.4, -0.2) is 26.0 Å². The van der Waals surface area contributed by atoms with Crippen molar-refractivity contribution in [3.05, 3.63) is 29.6 Å². The first-order chi connectivity index (χ1) is 9.20. The van der Waals surface area contributed by atoms with Gasteiger partial charge in [-0.05, 0) is 50.4 Å². The van der Waals surface area contributed by atoms with Gasteiger partial charge in [-0.1, -0.05) is 0 Å². The molecule has 1 heterocycles. The van der Waals surface area contributed by atoms with Crippen LogP contribution in [0.1, 0.15) is 36.0 Å². The summed E-state index contributed by atoms with van der Waals surface area (Å²) in [6, 6.07) is 4.40. The molecule has 0 atom stereocenters. The molecule has 1 fully saturated rings. The first-order valence-electron chi connectivity index (χ1n) is 6.78. The standard InChI is InChI=1S/C15H20FNO2/c1-19-12-3-4-13(14(16)10-12)15(18)5-2-11-6-8-17-9-7-11/h3-4,10-11,17H,2,5-9H2,1H3. The minimum absolute atomic E-state index is 0.112. The van der Waals surface area contributed by atoms with Gasteiger partial charge >= 0.3 is 0 Å². The van der Waals surface area contributed by atoms with Crippen LogP contribution in [0.5, 0.6) is 5.75 Å². The molecule has 0 bridgehead atoms. The molecule has 0 saturated carbocycles. The molecule has 0 aliphatic carbocycles. The van der Waals surface area contributed by atoms with Gasteiger partial charge in [-0.25, -0.2) is 4.39 Å². The summed E-state index contributed by atoms with van der Waals surface area (Å²) >= 11 is 0. The molecular formula is C15H20FNO2. The number of Topliss-reactive ketones (excluding diaryl/α,β-unsaturated/α-hetero) is 1.